The summed E-state index contributed by atoms with van der Waals surface area (Å²) in [4.78, 5) is 11.8. The third kappa shape index (κ3) is 4.34. The van der Waals surface area contributed by atoms with Gasteiger partial charge in [-0.15, -0.1) is 0 Å². The summed E-state index contributed by atoms with van der Waals surface area (Å²) in [5, 5.41) is 3.40. The lowest BCUT2D eigenvalue weighted by atomic mass is 10.1. The molecule has 1 unspecified atom stereocenters. The lowest BCUT2D eigenvalue weighted by Gasteiger charge is -2.27. The molecule has 1 aliphatic rings. The highest BCUT2D eigenvalue weighted by molar-refractivity contribution is 7.99. The Balaban J connectivity index is 2.38. The summed E-state index contributed by atoms with van der Waals surface area (Å²) in [6.07, 6.45) is 4.79. The first-order valence-corrected chi connectivity index (χ1v) is 7.21. The number of hydrogen-bond acceptors (Lipinski definition) is 4. The highest BCUT2D eigenvalue weighted by atomic mass is 32.2. The first kappa shape index (κ1) is 13.8. The van der Waals surface area contributed by atoms with Gasteiger partial charge in [-0.3, -0.25) is 10.1 Å². The van der Waals surface area contributed by atoms with Gasteiger partial charge in [0.05, 0.1) is 7.11 Å². The van der Waals surface area contributed by atoms with Crippen molar-refractivity contribution >= 4 is 17.7 Å². The second-order valence-corrected chi connectivity index (χ2v) is 5.75. The van der Waals surface area contributed by atoms with Crippen molar-refractivity contribution in [2.75, 3.05) is 18.6 Å². The van der Waals surface area contributed by atoms with Gasteiger partial charge in [0.2, 0.25) is 0 Å². The molecule has 0 aromatic carbocycles. The number of nitrogens with one attached hydrogen (secondary N) is 1. The fourth-order valence-corrected chi connectivity index (χ4v) is 2.83. The second kappa shape index (κ2) is 6.50. The van der Waals surface area contributed by atoms with Crippen molar-refractivity contribution in [3.8, 4) is 0 Å². The molecule has 94 valence electrons. The summed E-state index contributed by atoms with van der Waals surface area (Å²) in [5.41, 5.74) is -0.506. The van der Waals surface area contributed by atoms with Crippen molar-refractivity contribution in [3.63, 3.8) is 0 Å². The van der Waals surface area contributed by atoms with Gasteiger partial charge in [0.1, 0.15) is 5.54 Å². The maximum absolute atomic E-state index is 11.8. The number of hydrogen-bond donors (Lipinski definition) is 1. The molecule has 0 aromatic heterocycles. The smallest absolute Gasteiger partial charge is 0.326 e. The Labute approximate surface area is 103 Å². The summed E-state index contributed by atoms with van der Waals surface area (Å²) in [6, 6.07) is 0.524. The number of carbonyl (C=O) groups is 1. The molecule has 0 radical (unpaired) electrons. The molecule has 1 N–H and O–H groups in total. The van der Waals surface area contributed by atoms with Crippen LogP contribution in [0.15, 0.2) is 0 Å². The largest absolute Gasteiger partial charge is 0.468 e. The maximum atomic E-state index is 11.8. The van der Waals surface area contributed by atoms with Crippen LogP contribution in [-0.2, 0) is 9.53 Å². The Morgan fingerprint density at radius 1 is 1.56 bits per heavy atom. The molecule has 1 atom stereocenters. The third-order valence-corrected chi connectivity index (χ3v) is 4.13. The van der Waals surface area contributed by atoms with Crippen LogP contribution in [0.25, 0.3) is 0 Å². The Hall–Kier alpha value is -0.220. The van der Waals surface area contributed by atoms with E-state index >= 15 is 0 Å². The number of methoxy groups -OCH3 is 1. The van der Waals surface area contributed by atoms with Gasteiger partial charge in [0.25, 0.3) is 0 Å². The molecule has 3 nitrogen and oxygen atoms in total. The Kier molecular flexibility index (Phi) is 5.62. The molecule has 0 saturated heterocycles. The molecule has 0 bridgehead atoms. The molecular weight excluding hydrogens is 222 g/mol. The van der Waals surface area contributed by atoms with Crippen LogP contribution >= 0.6 is 11.8 Å². The van der Waals surface area contributed by atoms with E-state index in [4.69, 9.17) is 4.74 Å². The molecule has 4 heteroatoms. The highest BCUT2D eigenvalue weighted by Gasteiger charge is 2.39. The van der Waals surface area contributed by atoms with Gasteiger partial charge in [-0.1, -0.05) is 13.3 Å². The van der Waals surface area contributed by atoms with E-state index in [1.54, 1.807) is 0 Å². The van der Waals surface area contributed by atoms with E-state index in [0.29, 0.717) is 6.04 Å². The minimum atomic E-state index is -0.506. The van der Waals surface area contributed by atoms with Crippen LogP contribution < -0.4 is 5.32 Å². The number of esters is 1. The first-order chi connectivity index (χ1) is 7.62. The van der Waals surface area contributed by atoms with Crippen LogP contribution in [0.3, 0.4) is 0 Å². The average molecular weight is 245 g/mol. The van der Waals surface area contributed by atoms with Crippen LogP contribution in [0.4, 0.5) is 0 Å². The predicted molar refractivity (Wildman–Crippen MR) is 68.8 cm³/mol. The molecule has 1 aliphatic carbocycles. The predicted octanol–water partition coefficient (Wildman–Crippen LogP) is 2.20. The van der Waals surface area contributed by atoms with Crippen molar-refractivity contribution in [2.45, 2.75) is 51.1 Å². The standard InChI is InChI=1S/C12H23NO2S/c1-4-5-8-16-9-12(2,11(14)15-3)13-10-6-7-10/h10,13H,4-9H2,1-3H3. The van der Waals surface area contributed by atoms with Gasteiger partial charge >= 0.3 is 5.97 Å². The third-order valence-electron chi connectivity index (χ3n) is 2.77. The van der Waals surface area contributed by atoms with Gasteiger partial charge in [-0.25, -0.2) is 0 Å². The van der Waals surface area contributed by atoms with Crippen molar-refractivity contribution in [1.82, 2.24) is 5.32 Å². The van der Waals surface area contributed by atoms with Gasteiger partial charge in [0.15, 0.2) is 0 Å². The lowest BCUT2D eigenvalue weighted by molar-refractivity contribution is -0.146. The Morgan fingerprint density at radius 2 is 2.25 bits per heavy atom. The molecule has 1 rings (SSSR count). The number of unbranched alkanes of at least 4 members (excludes halogenated alkanes) is 1. The zero-order chi connectivity index (χ0) is 12.0. The highest BCUT2D eigenvalue weighted by Crippen LogP contribution is 2.25. The van der Waals surface area contributed by atoms with Crippen LogP contribution in [0.1, 0.15) is 39.5 Å². The molecule has 0 spiro atoms. The van der Waals surface area contributed by atoms with Crippen molar-refractivity contribution in [3.05, 3.63) is 0 Å². The minimum absolute atomic E-state index is 0.136. The molecule has 0 heterocycles. The summed E-state index contributed by atoms with van der Waals surface area (Å²) >= 11 is 1.83. The van der Waals surface area contributed by atoms with E-state index < -0.39 is 5.54 Å². The molecule has 16 heavy (non-hydrogen) atoms. The van der Waals surface area contributed by atoms with Crippen LogP contribution in [0.2, 0.25) is 0 Å². The van der Waals surface area contributed by atoms with E-state index in [1.807, 2.05) is 18.7 Å². The van der Waals surface area contributed by atoms with Crippen LogP contribution in [0.5, 0.6) is 0 Å². The minimum Gasteiger partial charge on any atom is -0.468 e. The van der Waals surface area contributed by atoms with Gasteiger partial charge < -0.3 is 4.74 Å². The fourth-order valence-electron chi connectivity index (χ4n) is 1.59. The van der Waals surface area contributed by atoms with Gasteiger partial charge in [-0.2, -0.15) is 11.8 Å². The monoisotopic (exact) mass is 245 g/mol. The summed E-state index contributed by atoms with van der Waals surface area (Å²) < 4.78 is 4.89. The SMILES string of the molecule is CCCCSCC(C)(NC1CC1)C(=O)OC. The molecular formula is C12H23NO2S. The van der Waals surface area contributed by atoms with Crippen molar-refractivity contribution in [1.29, 1.82) is 0 Å². The van der Waals surface area contributed by atoms with E-state index in [-0.39, 0.29) is 5.97 Å². The normalized spacial score (nSPS) is 19.2. The second-order valence-electron chi connectivity index (χ2n) is 4.65. The first-order valence-electron chi connectivity index (χ1n) is 6.06. The summed E-state index contributed by atoms with van der Waals surface area (Å²) in [7, 11) is 1.46. The average Bonchev–Trinajstić information content (AvgIpc) is 3.07. The Morgan fingerprint density at radius 3 is 2.75 bits per heavy atom. The van der Waals surface area contributed by atoms with Gasteiger partial charge in [0, 0.05) is 11.8 Å². The lowest BCUT2D eigenvalue weighted by Crippen LogP contribution is -2.53. The molecule has 1 fully saturated rings. The quantitative estimate of drug-likeness (QED) is 0.525. The Bertz CT molecular complexity index is 231. The molecule has 0 aromatic rings. The van der Waals surface area contributed by atoms with E-state index in [0.717, 1.165) is 11.5 Å². The maximum Gasteiger partial charge on any atom is 0.326 e. The zero-order valence-electron chi connectivity index (χ0n) is 10.5. The van der Waals surface area contributed by atoms with E-state index in [1.165, 1.54) is 32.8 Å². The molecule has 0 aliphatic heterocycles. The van der Waals surface area contributed by atoms with Crippen LogP contribution in [0, 0.1) is 0 Å². The molecule has 0 amide bonds. The zero-order valence-corrected chi connectivity index (χ0v) is 11.4. The summed E-state index contributed by atoms with van der Waals surface area (Å²) in [5.74, 6) is 1.79. The van der Waals surface area contributed by atoms with Crippen LogP contribution in [-0.4, -0.2) is 36.2 Å². The topological polar surface area (TPSA) is 38.3 Å². The number of ether oxygens (including phenoxy) is 1. The van der Waals surface area contributed by atoms with E-state index in [2.05, 4.69) is 12.2 Å². The molecule has 1 saturated carbocycles. The van der Waals surface area contributed by atoms with Crippen molar-refractivity contribution in [2.24, 2.45) is 0 Å². The number of thioether (sulfide) groups is 1. The fraction of sp³-hybridized carbons (Fsp3) is 0.917. The summed E-state index contributed by atoms with van der Waals surface area (Å²) in [6.45, 7) is 4.14. The number of rotatable bonds is 8. The van der Waals surface area contributed by atoms with E-state index in [9.17, 15) is 4.79 Å². The number of carbonyl (C=O) groups excluding carboxylic acids is 1. The van der Waals surface area contributed by atoms with Crippen molar-refractivity contribution < 1.29 is 9.53 Å². The van der Waals surface area contributed by atoms with Gasteiger partial charge in [-0.05, 0) is 31.9 Å².